The predicted molar refractivity (Wildman–Crippen MR) is 78.2 cm³/mol. The van der Waals surface area contributed by atoms with E-state index in [9.17, 15) is 12.8 Å². The maximum atomic E-state index is 13.3. The van der Waals surface area contributed by atoms with E-state index in [4.69, 9.17) is 11.6 Å². The molecule has 0 radical (unpaired) electrons. The molecule has 0 aliphatic rings. The Balaban J connectivity index is 2.10. The highest BCUT2D eigenvalue weighted by atomic mass is 35.5. The van der Waals surface area contributed by atoms with Crippen LogP contribution in [0.3, 0.4) is 0 Å². The third-order valence-electron chi connectivity index (χ3n) is 2.97. The summed E-state index contributed by atoms with van der Waals surface area (Å²) < 4.78 is 41.8. The molecule has 8 heteroatoms. The van der Waals surface area contributed by atoms with Crippen molar-refractivity contribution in [2.75, 3.05) is 6.54 Å². The molecule has 0 amide bonds. The smallest absolute Gasteiger partial charge is 0.242 e. The molecular formula is C13H15ClFN3O2S. The Kier molecular flexibility index (Phi) is 4.65. The van der Waals surface area contributed by atoms with Gasteiger partial charge in [0.2, 0.25) is 10.0 Å². The number of nitrogens with one attached hydrogen (secondary N) is 1. The molecule has 5 nitrogen and oxygen atoms in total. The molecule has 1 N–H and O–H groups in total. The minimum Gasteiger partial charge on any atom is -0.276 e. The fourth-order valence-electron chi connectivity index (χ4n) is 1.85. The number of aromatic nitrogens is 2. The lowest BCUT2D eigenvalue weighted by atomic mass is 10.2. The molecule has 114 valence electrons. The summed E-state index contributed by atoms with van der Waals surface area (Å²) >= 11 is 5.81. The summed E-state index contributed by atoms with van der Waals surface area (Å²) in [7, 11) is -1.98. The molecule has 0 aliphatic carbocycles. The first kappa shape index (κ1) is 15.9. The third kappa shape index (κ3) is 3.81. The summed E-state index contributed by atoms with van der Waals surface area (Å²) in [5.41, 5.74) is 1.15. The van der Waals surface area contributed by atoms with E-state index in [0.29, 0.717) is 6.42 Å². The Bertz CT molecular complexity index is 759. The lowest BCUT2D eigenvalue weighted by molar-refractivity contribution is 0.580. The molecule has 0 unspecified atom stereocenters. The second-order valence-corrected chi connectivity index (χ2v) is 6.84. The van der Waals surface area contributed by atoms with Crippen LogP contribution in [0.1, 0.15) is 11.1 Å². The van der Waals surface area contributed by atoms with Crippen molar-refractivity contribution in [1.82, 2.24) is 14.5 Å². The van der Waals surface area contributed by atoms with Gasteiger partial charge in [-0.3, -0.25) is 4.68 Å². The molecule has 1 aromatic carbocycles. The number of hydrogen-bond donors (Lipinski definition) is 1. The highest BCUT2D eigenvalue weighted by molar-refractivity contribution is 7.89. The number of halogens is 2. The van der Waals surface area contributed by atoms with Crippen molar-refractivity contribution in [3.63, 3.8) is 0 Å². The van der Waals surface area contributed by atoms with Crippen LogP contribution in [0.4, 0.5) is 4.39 Å². The van der Waals surface area contributed by atoms with Gasteiger partial charge in [-0.2, -0.15) is 5.10 Å². The van der Waals surface area contributed by atoms with E-state index >= 15 is 0 Å². The first-order chi connectivity index (χ1) is 9.79. The van der Waals surface area contributed by atoms with Crippen LogP contribution in [0, 0.1) is 12.7 Å². The van der Waals surface area contributed by atoms with Gasteiger partial charge in [0.15, 0.2) is 0 Å². The molecule has 0 fully saturated rings. The molecule has 2 aromatic rings. The quantitative estimate of drug-likeness (QED) is 0.912. The van der Waals surface area contributed by atoms with E-state index in [-0.39, 0.29) is 22.0 Å². The van der Waals surface area contributed by atoms with Crippen molar-refractivity contribution < 1.29 is 12.8 Å². The van der Waals surface area contributed by atoms with E-state index in [2.05, 4.69) is 9.82 Å². The van der Waals surface area contributed by atoms with Crippen LogP contribution in [0.2, 0.25) is 5.02 Å². The largest absolute Gasteiger partial charge is 0.276 e. The molecule has 21 heavy (non-hydrogen) atoms. The first-order valence-corrected chi connectivity index (χ1v) is 8.08. The van der Waals surface area contributed by atoms with Gasteiger partial charge in [-0.15, -0.1) is 0 Å². The summed E-state index contributed by atoms with van der Waals surface area (Å²) in [4.78, 5) is -0.116. The third-order valence-corrected chi connectivity index (χ3v) is 4.89. The molecule has 0 bridgehead atoms. The zero-order valence-electron chi connectivity index (χ0n) is 11.6. The van der Waals surface area contributed by atoms with Crippen LogP contribution in [0.25, 0.3) is 0 Å². The SMILES string of the molecule is Cc1cc(S(=O)(=O)NCCc2cnn(C)c2)c(Cl)cc1F. The van der Waals surface area contributed by atoms with Crippen molar-refractivity contribution in [3.05, 3.63) is 46.5 Å². The number of benzene rings is 1. The molecule has 1 aromatic heterocycles. The van der Waals surface area contributed by atoms with E-state index in [1.165, 1.54) is 13.0 Å². The molecule has 2 rings (SSSR count). The Morgan fingerprint density at radius 1 is 1.43 bits per heavy atom. The van der Waals surface area contributed by atoms with Crippen LogP contribution in [0.5, 0.6) is 0 Å². The highest BCUT2D eigenvalue weighted by Crippen LogP contribution is 2.24. The fraction of sp³-hybridized carbons (Fsp3) is 0.308. The standard InChI is InChI=1S/C13H15ClFN3O2S/c1-9-5-13(11(14)6-12(9)15)21(19,20)17-4-3-10-7-16-18(2)8-10/h5-8,17H,3-4H2,1-2H3. The lowest BCUT2D eigenvalue weighted by Gasteiger charge is -2.09. The van der Waals surface area contributed by atoms with Gasteiger partial charge in [-0.25, -0.2) is 17.5 Å². The summed E-state index contributed by atoms with van der Waals surface area (Å²) in [5, 5.41) is 3.87. The normalized spacial score (nSPS) is 11.8. The van der Waals surface area contributed by atoms with Gasteiger partial charge in [0.1, 0.15) is 10.7 Å². The second-order valence-electron chi connectivity index (χ2n) is 4.70. The topological polar surface area (TPSA) is 64.0 Å². The zero-order chi connectivity index (χ0) is 15.6. The average Bonchev–Trinajstić information content (AvgIpc) is 2.79. The summed E-state index contributed by atoms with van der Waals surface area (Å²) in [6.45, 7) is 1.70. The number of sulfonamides is 1. The maximum Gasteiger partial charge on any atom is 0.242 e. The van der Waals surface area contributed by atoms with Gasteiger partial charge in [-0.1, -0.05) is 11.6 Å². The molecule has 0 saturated heterocycles. The van der Waals surface area contributed by atoms with Gasteiger partial charge in [-0.05, 0) is 36.6 Å². The summed E-state index contributed by atoms with van der Waals surface area (Å²) in [6.07, 6.45) is 3.98. The Hall–Kier alpha value is -1.44. The van der Waals surface area contributed by atoms with Gasteiger partial charge >= 0.3 is 0 Å². The van der Waals surface area contributed by atoms with E-state index in [1.54, 1.807) is 17.9 Å². The second kappa shape index (κ2) is 6.13. The molecule has 0 aliphatic heterocycles. The van der Waals surface area contributed by atoms with Crippen LogP contribution in [-0.4, -0.2) is 24.7 Å². The zero-order valence-corrected chi connectivity index (χ0v) is 13.2. The van der Waals surface area contributed by atoms with Crippen molar-refractivity contribution in [2.45, 2.75) is 18.2 Å². The predicted octanol–water partition coefficient (Wildman–Crippen LogP) is 2.04. The Labute approximate surface area is 127 Å². The highest BCUT2D eigenvalue weighted by Gasteiger charge is 2.19. The Morgan fingerprint density at radius 2 is 2.14 bits per heavy atom. The molecule has 0 atom stereocenters. The van der Waals surface area contributed by atoms with Gasteiger partial charge in [0, 0.05) is 19.8 Å². The van der Waals surface area contributed by atoms with Crippen LogP contribution >= 0.6 is 11.6 Å². The van der Waals surface area contributed by atoms with Crippen molar-refractivity contribution >= 4 is 21.6 Å². The molecule has 0 saturated carbocycles. The first-order valence-electron chi connectivity index (χ1n) is 6.22. The van der Waals surface area contributed by atoms with E-state index in [0.717, 1.165) is 11.6 Å². The van der Waals surface area contributed by atoms with Crippen LogP contribution in [0.15, 0.2) is 29.4 Å². The van der Waals surface area contributed by atoms with E-state index < -0.39 is 15.8 Å². The maximum absolute atomic E-state index is 13.3. The molecule has 1 heterocycles. The molecular weight excluding hydrogens is 317 g/mol. The Morgan fingerprint density at radius 3 is 2.76 bits per heavy atom. The van der Waals surface area contributed by atoms with E-state index in [1.807, 2.05) is 6.20 Å². The number of nitrogens with zero attached hydrogens (tertiary/aromatic N) is 2. The van der Waals surface area contributed by atoms with Crippen LogP contribution in [-0.2, 0) is 23.5 Å². The van der Waals surface area contributed by atoms with Gasteiger partial charge < -0.3 is 0 Å². The molecule has 0 spiro atoms. The lowest BCUT2D eigenvalue weighted by Crippen LogP contribution is -2.26. The van der Waals surface area contributed by atoms with Crippen LogP contribution < -0.4 is 4.72 Å². The minimum absolute atomic E-state index is 0.116. The number of aryl methyl sites for hydroxylation is 2. The van der Waals surface area contributed by atoms with Gasteiger partial charge in [0.05, 0.1) is 11.2 Å². The number of rotatable bonds is 5. The van der Waals surface area contributed by atoms with Crippen molar-refractivity contribution in [1.29, 1.82) is 0 Å². The average molecular weight is 332 g/mol. The van der Waals surface area contributed by atoms with Crippen molar-refractivity contribution in [3.8, 4) is 0 Å². The monoisotopic (exact) mass is 331 g/mol. The summed E-state index contributed by atoms with van der Waals surface area (Å²) in [5.74, 6) is -0.533. The number of hydrogen-bond acceptors (Lipinski definition) is 3. The minimum atomic E-state index is -3.77. The fourth-order valence-corrected chi connectivity index (χ4v) is 3.47. The van der Waals surface area contributed by atoms with Gasteiger partial charge in [0.25, 0.3) is 0 Å². The summed E-state index contributed by atoms with van der Waals surface area (Å²) in [6, 6.07) is 2.23. The van der Waals surface area contributed by atoms with Crippen molar-refractivity contribution in [2.24, 2.45) is 7.05 Å².